The molecule has 1 aliphatic heterocycles. The highest BCUT2D eigenvalue weighted by Gasteiger charge is 2.23. The Bertz CT molecular complexity index is 823. The van der Waals surface area contributed by atoms with E-state index in [1.807, 2.05) is 24.3 Å². The summed E-state index contributed by atoms with van der Waals surface area (Å²) in [5.74, 6) is 3.05. The van der Waals surface area contributed by atoms with Gasteiger partial charge in [-0.3, -0.25) is 0 Å². The van der Waals surface area contributed by atoms with Crippen LogP contribution in [0.2, 0.25) is 0 Å². The molecule has 4 rings (SSSR count). The first-order valence-electron chi connectivity index (χ1n) is 7.72. The van der Waals surface area contributed by atoms with Crippen LogP contribution < -0.4 is 4.74 Å². The number of aryl methyl sites for hydroxylation is 1. The van der Waals surface area contributed by atoms with E-state index in [-0.39, 0.29) is 12.5 Å². The van der Waals surface area contributed by atoms with Crippen LogP contribution in [0.3, 0.4) is 0 Å². The van der Waals surface area contributed by atoms with Crippen molar-refractivity contribution >= 4 is 0 Å². The summed E-state index contributed by atoms with van der Waals surface area (Å²) >= 11 is 0. The minimum absolute atomic E-state index is 0.211. The highest BCUT2D eigenvalue weighted by atomic mass is 16.5. The molecule has 3 heterocycles. The van der Waals surface area contributed by atoms with Crippen LogP contribution in [0.1, 0.15) is 29.9 Å². The molecule has 0 aliphatic carbocycles. The second-order valence-corrected chi connectivity index (χ2v) is 5.56. The number of nitrogens with zero attached hydrogens (tertiary/aromatic N) is 4. The van der Waals surface area contributed by atoms with Gasteiger partial charge in [0, 0.05) is 25.0 Å². The summed E-state index contributed by atoms with van der Waals surface area (Å²) in [6.07, 6.45) is 0.923. The van der Waals surface area contributed by atoms with Crippen molar-refractivity contribution in [2.75, 3.05) is 13.2 Å². The van der Waals surface area contributed by atoms with Gasteiger partial charge in [0.25, 0.3) is 5.89 Å². The predicted molar refractivity (Wildman–Crippen MR) is 81.3 cm³/mol. The number of hydrogen-bond donors (Lipinski definition) is 0. The first-order chi connectivity index (χ1) is 11.8. The molecule has 124 valence electrons. The van der Waals surface area contributed by atoms with E-state index in [4.69, 9.17) is 18.5 Å². The minimum atomic E-state index is 0.211. The summed E-state index contributed by atoms with van der Waals surface area (Å²) in [4.78, 5) is 8.57. The van der Waals surface area contributed by atoms with Crippen molar-refractivity contribution in [1.29, 1.82) is 0 Å². The summed E-state index contributed by atoms with van der Waals surface area (Å²) < 4.78 is 21.3. The molecule has 1 aliphatic rings. The first kappa shape index (κ1) is 14.8. The first-order valence-corrected chi connectivity index (χ1v) is 7.72. The lowest BCUT2D eigenvalue weighted by atomic mass is 10.1. The van der Waals surface area contributed by atoms with E-state index in [0.717, 1.165) is 18.6 Å². The topological polar surface area (TPSA) is 96.3 Å². The lowest BCUT2D eigenvalue weighted by Gasteiger charge is -2.04. The molecule has 3 aromatic rings. The Morgan fingerprint density at radius 2 is 2.17 bits per heavy atom. The van der Waals surface area contributed by atoms with Gasteiger partial charge in [0.15, 0.2) is 12.4 Å². The molecule has 1 fully saturated rings. The molecule has 2 aromatic heterocycles. The quantitative estimate of drug-likeness (QED) is 0.705. The van der Waals surface area contributed by atoms with Crippen molar-refractivity contribution in [3.05, 3.63) is 41.8 Å². The standard InChI is InChI=1S/C16H16N4O4/c1-10-17-14(19-23-10)9-22-13-4-2-3-11(7-13)16-18-15(20-24-16)12-5-6-21-8-12/h2-4,7,12H,5-6,8-9H2,1H3/t12-/m1/s1. The normalized spacial score (nSPS) is 17.3. The number of aromatic nitrogens is 4. The third-order valence-corrected chi connectivity index (χ3v) is 3.76. The third-order valence-electron chi connectivity index (χ3n) is 3.76. The Labute approximate surface area is 137 Å². The molecule has 8 heteroatoms. The van der Waals surface area contributed by atoms with Gasteiger partial charge in [-0.15, -0.1) is 0 Å². The average molecular weight is 328 g/mol. The molecule has 1 atom stereocenters. The van der Waals surface area contributed by atoms with E-state index in [9.17, 15) is 0 Å². The summed E-state index contributed by atoms with van der Waals surface area (Å²) in [6.45, 7) is 3.36. The number of benzene rings is 1. The van der Waals surface area contributed by atoms with E-state index in [1.54, 1.807) is 6.92 Å². The number of hydrogen-bond acceptors (Lipinski definition) is 8. The Hall–Kier alpha value is -2.74. The zero-order valence-corrected chi connectivity index (χ0v) is 13.1. The minimum Gasteiger partial charge on any atom is -0.485 e. The molecule has 8 nitrogen and oxygen atoms in total. The molecule has 1 saturated heterocycles. The van der Waals surface area contributed by atoms with Gasteiger partial charge in [-0.05, 0) is 24.6 Å². The summed E-state index contributed by atoms with van der Waals surface area (Å²) in [7, 11) is 0. The van der Waals surface area contributed by atoms with Gasteiger partial charge in [0.1, 0.15) is 5.75 Å². The van der Waals surface area contributed by atoms with E-state index >= 15 is 0 Å². The van der Waals surface area contributed by atoms with Crippen molar-refractivity contribution in [3.63, 3.8) is 0 Å². The fraction of sp³-hybridized carbons (Fsp3) is 0.375. The van der Waals surface area contributed by atoms with Crippen molar-refractivity contribution in [2.45, 2.75) is 25.9 Å². The van der Waals surface area contributed by atoms with Gasteiger partial charge in [-0.1, -0.05) is 16.4 Å². The molecule has 24 heavy (non-hydrogen) atoms. The molecule has 0 unspecified atom stereocenters. The second kappa shape index (κ2) is 6.40. The zero-order valence-electron chi connectivity index (χ0n) is 13.1. The van der Waals surface area contributed by atoms with E-state index in [2.05, 4.69) is 20.3 Å². The fourth-order valence-electron chi connectivity index (χ4n) is 2.52. The van der Waals surface area contributed by atoms with Gasteiger partial charge in [0.2, 0.25) is 11.7 Å². The van der Waals surface area contributed by atoms with Crippen LogP contribution in [-0.2, 0) is 11.3 Å². The van der Waals surface area contributed by atoms with Crippen molar-refractivity contribution in [3.8, 4) is 17.2 Å². The van der Waals surface area contributed by atoms with Crippen molar-refractivity contribution in [2.24, 2.45) is 0 Å². The summed E-state index contributed by atoms with van der Waals surface area (Å²) in [5, 5.41) is 7.86. The molecule has 0 amide bonds. The highest BCUT2D eigenvalue weighted by Crippen LogP contribution is 2.27. The lowest BCUT2D eigenvalue weighted by Crippen LogP contribution is -1.99. The van der Waals surface area contributed by atoms with Gasteiger partial charge < -0.3 is 18.5 Å². The van der Waals surface area contributed by atoms with Gasteiger partial charge in [0.05, 0.1) is 6.61 Å². The monoisotopic (exact) mass is 328 g/mol. The van der Waals surface area contributed by atoms with Crippen LogP contribution in [0.5, 0.6) is 5.75 Å². The lowest BCUT2D eigenvalue weighted by molar-refractivity contribution is 0.192. The molecule has 0 radical (unpaired) electrons. The van der Waals surface area contributed by atoms with Crippen LogP contribution in [0.25, 0.3) is 11.5 Å². The molecular weight excluding hydrogens is 312 g/mol. The summed E-state index contributed by atoms with van der Waals surface area (Å²) in [5.41, 5.74) is 0.800. The van der Waals surface area contributed by atoms with Crippen LogP contribution in [0.15, 0.2) is 33.3 Å². The number of ether oxygens (including phenoxy) is 2. The average Bonchev–Trinajstić information content (AvgIpc) is 3.34. The SMILES string of the molecule is Cc1nc(COc2cccc(-c3nc([C@@H]4CCOC4)no3)c2)no1. The molecule has 0 bridgehead atoms. The largest absolute Gasteiger partial charge is 0.485 e. The van der Waals surface area contributed by atoms with Crippen LogP contribution >= 0.6 is 0 Å². The van der Waals surface area contributed by atoms with Crippen LogP contribution in [-0.4, -0.2) is 33.5 Å². The zero-order chi connectivity index (χ0) is 16.4. The predicted octanol–water partition coefficient (Wildman–Crippen LogP) is 2.51. The second-order valence-electron chi connectivity index (χ2n) is 5.56. The summed E-state index contributed by atoms with van der Waals surface area (Å²) in [6, 6.07) is 7.45. The Morgan fingerprint density at radius 3 is 2.96 bits per heavy atom. The smallest absolute Gasteiger partial charge is 0.258 e. The van der Waals surface area contributed by atoms with Gasteiger partial charge in [-0.25, -0.2) is 0 Å². The van der Waals surface area contributed by atoms with Gasteiger partial charge in [-0.2, -0.15) is 9.97 Å². The number of rotatable bonds is 5. The Morgan fingerprint density at radius 1 is 1.21 bits per heavy atom. The van der Waals surface area contributed by atoms with Gasteiger partial charge >= 0.3 is 0 Å². The van der Waals surface area contributed by atoms with Crippen molar-refractivity contribution in [1.82, 2.24) is 20.3 Å². The molecule has 0 saturated carbocycles. The van der Waals surface area contributed by atoms with E-state index in [0.29, 0.717) is 35.8 Å². The maximum atomic E-state index is 5.68. The maximum Gasteiger partial charge on any atom is 0.258 e. The molecule has 1 aromatic carbocycles. The van der Waals surface area contributed by atoms with Crippen molar-refractivity contribution < 1.29 is 18.5 Å². The molecular formula is C16H16N4O4. The van der Waals surface area contributed by atoms with Crippen LogP contribution in [0, 0.1) is 6.92 Å². The van der Waals surface area contributed by atoms with Crippen LogP contribution in [0.4, 0.5) is 0 Å². The highest BCUT2D eigenvalue weighted by molar-refractivity contribution is 5.55. The maximum absolute atomic E-state index is 5.68. The molecule has 0 N–H and O–H groups in total. The Balaban J connectivity index is 1.47. The third kappa shape index (κ3) is 3.13. The van der Waals surface area contributed by atoms with E-state index < -0.39 is 0 Å². The fourth-order valence-corrected chi connectivity index (χ4v) is 2.52. The molecule has 0 spiro atoms. The Kier molecular flexibility index (Phi) is 3.96. The van der Waals surface area contributed by atoms with E-state index in [1.165, 1.54) is 0 Å².